The predicted octanol–water partition coefficient (Wildman–Crippen LogP) is 3.65. The third-order valence-electron chi connectivity index (χ3n) is 4.02. The van der Waals surface area contributed by atoms with Crippen molar-refractivity contribution in [3.8, 4) is 0 Å². The minimum Gasteiger partial charge on any atom is -0.465 e. The third kappa shape index (κ3) is 4.94. The van der Waals surface area contributed by atoms with Gasteiger partial charge < -0.3 is 10.1 Å². The zero-order chi connectivity index (χ0) is 21.2. The van der Waals surface area contributed by atoms with Crippen LogP contribution < -0.4 is 10.0 Å². The molecule has 0 unspecified atom stereocenters. The molecular weight excluding hydrogens is 436 g/mol. The van der Waals surface area contributed by atoms with Crippen LogP contribution in [0.5, 0.6) is 0 Å². The lowest BCUT2D eigenvalue weighted by molar-refractivity contribution is -0.117. The molecule has 0 saturated carbocycles. The highest BCUT2D eigenvalue weighted by Gasteiger charge is 2.22. The Morgan fingerprint density at radius 2 is 1.79 bits per heavy atom. The molecule has 29 heavy (non-hydrogen) atoms. The summed E-state index contributed by atoms with van der Waals surface area (Å²) in [5.74, 6) is -0.952. The molecule has 0 aliphatic carbocycles. The Kier molecular flexibility index (Phi) is 6.23. The molecule has 7 nitrogen and oxygen atoms in total. The summed E-state index contributed by atoms with van der Waals surface area (Å²) in [7, 11) is -2.57. The van der Waals surface area contributed by atoms with Gasteiger partial charge in [-0.15, -0.1) is 11.3 Å². The number of halogens is 1. The highest BCUT2D eigenvalue weighted by Crippen LogP contribution is 2.28. The number of fused-ring (bicyclic) bond motifs is 1. The second kappa shape index (κ2) is 8.50. The van der Waals surface area contributed by atoms with Gasteiger partial charge >= 0.3 is 5.97 Å². The number of esters is 1. The van der Waals surface area contributed by atoms with Crippen LogP contribution in [-0.4, -0.2) is 33.4 Å². The van der Waals surface area contributed by atoms with Crippen LogP contribution in [0.25, 0.3) is 10.1 Å². The zero-order valence-electron chi connectivity index (χ0n) is 15.4. The van der Waals surface area contributed by atoms with Crippen molar-refractivity contribution in [2.45, 2.75) is 17.9 Å². The van der Waals surface area contributed by atoms with E-state index in [4.69, 9.17) is 16.3 Å². The lowest BCUT2D eigenvalue weighted by atomic mass is 10.2. The summed E-state index contributed by atoms with van der Waals surface area (Å²) in [6.07, 6.45) is 0. The van der Waals surface area contributed by atoms with Gasteiger partial charge in [-0.25, -0.2) is 13.2 Å². The van der Waals surface area contributed by atoms with Gasteiger partial charge in [-0.3, -0.25) is 4.79 Å². The first kappa shape index (κ1) is 21.3. The van der Waals surface area contributed by atoms with Crippen LogP contribution in [0.1, 0.15) is 16.6 Å². The number of ether oxygens (including phenoxy) is 1. The number of anilines is 1. The normalized spacial score (nSPS) is 12.5. The molecule has 0 bridgehead atoms. The van der Waals surface area contributed by atoms with Gasteiger partial charge in [0.25, 0.3) is 0 Å². The average molecular weight is 453 g/mol. The molecule has 1 aromatic heterocycles. The SMILES string of the molecule is COC(=O)c1cc2cc(NC(=O)[C@H](C)NS(=O)(=O)c3ccc(Cl)cc3)ccc2s1. The summed E-state index contributed by atoms with van der Waals surface area (Å²) in [6, 6.07) is 11.4. The van der Waals surface area contributed by atoms with Crippen molar-refractivity contribution in [3.05, 3.63) is 58.4 Å². The van der Waals surface area contributed by atoms with Crippen molar-refractivity contribution < 1.29 is 22.7 Å². The fourth-order valence-corrected chi connectivity index (χ4v) is 4.83. The number of benzene rings is 2. The highest BCUT2D eigenvalue weighted by molar-refractivity contribution is 7.89. The molecule has 3 rings (SSSR count). The van der Waals surface area contributed by atoms with E-state index in [2.05, 4.69) is 10.0 Å². The summed E-state index contributed by atoms with van der Waals surface area (Å²) < 4.78 is 32.7. The number of sulfonamides is 1. The molecule has 0 aliphatic rings. The molecule has 2 N–H and O–H groups in total. The maximum absolute atomic E-state index is 12.4. The summed E-state index contributed by atoms with van der Waals surface area (Å²) in [4.78, 5) is 24.6. The van der Waals surface area contributed by atoms with Crippen molar-refractivity contribution >= 4 is 60.6 Å². The molecule has 0 aliphatic heterocycles. The monoisotopic (exact) mass is 452 g/mol. The number of carbonyl (C=O) groups excluding carboxylic acids is 2. The molecule has 1 amide bonds. The lowest BCUT2D eigenvalue weighted by Gasteiger charge is -2.14. The molecule has 3 aromatic rings. The number of methoxy groups -OCH3 is 1. The predicted molar refractivity (Wildman–Crippen MR) is 113 cm³/mol. The van der Waals surface area contributed by atoms with Gasteiger partial charge in [-0.05, 0) is 60.8 Å². The first-order chi connectivity index (χ1) is 13.7. The minimum atomic E-state index is -3.88. The molecule has 0 fully saturated rings. The van der Waals surface area contributed by atoms with E-state index in [-0.39, 0.29) is 4.90 Å². The smallest absolute Gasteiger partial charge is 0.348 e. The number of amides is 1. The van der Waals surface area contributed by atoms with Gasteiger partial charge in [-0.1, -0.05) is 11.6 Å². The summed E-state index contributed by atoms with van der Waals surface area (Å²) in [5.41, 5.74) is 0.481. The Morgan fingerprint density at radius 1 is 1.10 bits per heavy atom. The standard InChI is InChI=1S/C19H17ClN2O5S2/c1-11(22-29(25,26)15-6-3-13(20)4-7-15)18(23)21-14-5-8-16-12(9-14)10-17(28-16)19(24)27-2/h3-11,22H,1-2H3,(H,21,23)/t11-/m0/s1. The summed E-state index contributed by atoms with van der Waals surface area (Å²) in [5, 5.41) is 3.85. The molecule has 0 spiro atoms. The maximum Gasteiger partial charge on any atom is 0.348 e. The van der Waals surface area contributed by atoms with Crippen molar-refractivity contribution in [1.29, 1.82) is 0 Å². The van der Waals surface area contributed by atoms with Crippen LogP contribution in [-0.2, 0) is 19.6 Å². The van der Waals surface area contributed by atoms with E-state index in [1.54, 1.807) is 24.3 Å². The molecular formula is C19H17ClN2O5S2. The number of hydrogen-bond donors (Lipinski definition) is 2. The fourth-order valence-electron chi connectivity index (χ4n) is 2.54. The molecule has 2 aromatic carbocycles. The van der Waals surface area contributed by atoms with E-state index in [0.717, 1.165) is 10.1 Å². The van der Waals surface area contributed by atoms with Gasteiger partial charge in [0.15, 0.2) is 0 Å². The van der Waals surface area contributed by atoms with E-state index in [1.807, 2.05) is 0 Å². The minimum absolute atomic E-state index is 0.0107. The van der Waals surface area contributed by atoms with Crippen LogP contribution >= 0.6 is 22.9 Å². The van der Waals surface area contributed by atoms with E-state index in [1.165, 1.54) is 49.6 Å². The number of hydrogen-bond acceptors (Lipinski definition) is 6. The van der Waals surface area contributed by atoms with Crippen LogP contribution in [0.2, 0.25) is 5.02 Å². The fraction of sp³-hybridized carbons (Fsp3) is 0.158. The molecule has 1 atom stereocenters. The van der Waals surface area contributed by atoms with Crippen LogP contribution in [0, 0.1) is 0 Å². The molecule has 0 radical (unpaired) electrons. The quantitative estimate of drug-likeness (QED) is 0.556. The van der Waals surface area contributed by atoms with Gasteiger partial charge in [0.1, 0.15) is 4.88 Å². The molecule has 10 heteroatoms. The van der Waals surface area contributed by atoms with Crippen molar-refractivity contribution in [1.82, 2.24) is 4.72 Å². The second-order valence-electron chi connectivity index (χ2n) is 6.14. The van der Waals surface area contributed by atoms with Crippen LogP contribution in [0.15, 0.2) is 53.4 Å². The van der Waals surface area contributed by atoms with Crippen molar-refractivity contribution in [3.63, 3.8) is 0 Å². The van der Waals surface area contributed by atoms with Gasteiger partial charge in [0, 0.05) is 15.4 Å². The topological polar surface area (TPSA) is 102 Å². The van der Waals surface area contributed by atoms with Crippen molar-refractivity contribution in [2.75, 3.05) is 12.4 Å². The molecule has 152 valence electrons. The Labute approximate surface area is 176 Å². The van der Waals surface area contributed by atoms with Gasteiger partial charge in [-0.2, -0.15) is 4.72 Å². The average Bonchev–Trinajstić information content (AvgIpc) is 3.10. The Balaban J connectivity index is 1.72. The number of thiophene rings is 1. The molecule has 1 heterocycles. The number of rotatable bonds is 6. The Hall–Kier alpha value is -2.46. The van der Waals surface area contributed by atoms with E-state index < -0.39 is 27.9 Å². The first-order valence-corrected chi connectivity index (χ1v) is 11.1. The summed E-state index contributed by atoms with van der Waals surface area (Å²) in [6.45, 7) is 1.45. The first-order valence-electron chi connectivity index (χ1n) is 8.40. The second-order valence-corrected chi connectivity index (χ2v) is 9.38. The van der Waals surface area contributed by atoms with E-state index in [9.17, 15) is 18.0 Å². The highest BCUT2D eigenvalue weighted by atomic mass is 35.5. The Morgan fingerprint density at radius 3 is 2.45 bits per heavy atom. The van der Waals surface area contributed by atoms with E-state index in [0.29, 0.717) is 15.6 Å². The van der Waals surface area contributed by atoms with E-state index >= 15 is 0 Å². The Bertz CT molecular complexity index is 1170. The van der Waals surface area contributed by atoms with Gasteiger partial charge in [0.05, 0.1) is 18.0 Å². The summed E-state index contributed by atoms with van der Waals surface area (Å²) >= 11 is 7.05. The number of carbonyl (C=O) groups is 2. The lowest BCUT2D eigenvalue weighted by Crippen LogP contribution is -2.41. The van der Waals surface area contributed by atoms with Crippen LogP contribution in [0.4, 0.5) is 5.69 Å². The largest absolute Gasteiger partial charge is 0.465 e. The molecule has 0 saturated heterocycles. The van der Waals surface area contributed by atoms with Crippen LogP contribution in [0.3, 0.4) is 0 Å². The maximum atomic E-state index is 12.4. The third-order valence-corrected chi connectivity index (χ3v) is 6.92. The van der Waals surface area contributed by atoms with Crippen molar-refractivity contribution in [2.24, 2.45) is 0 Å². The van der Waals surface area contributed by atoms with Gasteiger partial charge in [0.2, 0.25) is 15.9 Å². The zero-order valence-corrected chi connectivity index (χ0v) is 17.8. The number of nitrogens with one attached hydrogen (secondary N) is 2.